The fourth-order valence-corrected chi connectivity index (χ4v) is 3.31. The summed E-state index contributed by atoms with van der Waals surface area (Å²) >= 11 is 6.06. The molecule has 0 saturated carbocycles. The maximum Gasteiger partial charge on any atom is 0.157 e. The highest BCUT2D eigenvalue weighted by molar-refractivity contribution is 6.31. The number of pyridine rings is 1. The first-order valence-corrected chi connectivity index (χ1v) is 8.45. The summed E-state index contributed by atoms with van der Waals surface area (Å²) in [4.78, 5) is 4.56. The monoisotopic (exact) mass is 345 g/mol. The maximum atomic E-state index is 11.8. The summed E-state index contributed by atoms with van der Waals surface area (Å²) in [5.41, 5.74) is 0.819. The molecule has 0 amide bonds. The molecule has 0 aliphatic carbocycles. The number of rotatable bonds is 3. The Morgan fingerprint density at radius 1 is 0.720 bits per heavy atom. The van der Waals surface area contributed by atoms with Crippen molar-refractivity contribution in [2.24, 2.45) is 0 Å². The van der Waals surface area contributed by atoms with E-state index in [9.17, 15) is 5.11 Å². The largest absolute Gasteiger partial charge is 0.374 e. The molecule has 1 N–H and O–H groups in total. The quantitative estimate of drug-likeness (QED) is 0.555. The second kappa shape index (κ2) is 6.32. The van der Waals surface area contributed by atoms with E-state index in [0.717, 1.165) is 21.9 Å². The van der Waals surface area contributed by atoms with Crippen molar-refractivity contribution in [2.45, 2.75) is 5.60 Å². The normalized spacial score (nSPS) is 11.6. The first-order chi connectivity index (χ1) is 12.2. The lowest BCUT2D eigenvalue weighted by Gasteiger charge is -2.29. The standard InChI is InChI=1S/C22H16ClNO/c23-20-12-11-16-14-21(24-15-17(16)13-20)22(25,18-7-3-1-4-8-18)19-9-5-2-6-10-19/h1-15,25H. The van der Waals surface area contributed by atoms with Gasteiger partial charge in [-0.05, 0) is 34.7 Å². The molecule has 25 heavy (non-hydrogen) atoms. The molecule has 0 radical (unpaired) electrons. The lowest BCUT2D eigenvalue weighted by atomic mass is 9.83. The van der Waals surface area contributed by atoms with Crippen LogP contribution in [-0.2, 0) is 5.60 Å². The molecule has 0 aliphatic rings. The predicted molar refractivity (Wildman–Crippen MR) is 102 cm³/mol. The summed E-state index contributed by atoms with van der Waals surface area (Å²) < 4.78 is 0. The van der Waals surface area contributed by atoms with Gasteiger partial charge in [-0.2, -0.15) is 0 Å². The van der Waals surface area contributed by atoms with Crippen LogP contribution in [0, 0.1) is 0 Å². The van der Waals surface area contributed by atoms with Crippen molar-refractivity contribution in [2.75, 3.05) is 0 Å². The molecular weight excluding hydrogens is 330 g/mol. The van der Waals surface area contributed by atoms with Crippen LogP contribution in [0.25, 0.3) is 10.8 Å². The number of fused-ring (bicyclic) bond motifs is 1. The van der Waals surface area contributed by atoms with Gasteiger partial charge in [-0.1, -0.05) is 78.3 Å². The minimum Gasteiger partial charge on any atom is -0.374 e. The van der Waals surface area contributed by atoms with E-state index >= 15 is 0 Å². The number of aliphatic hydroxyl groups is 1. The van der Waals surface area contributed by atoms with E-state index in [0.29, 0.717) is 10.7 Å². The Morgan fingerprint density at radius 3 is 1.92 bits per heavy atom. The summed E-state index contributed by atoms with van der Waals surface area (Å²) in [5.74, 6) is 0. The third kappa shape index (κ3) is 2.80. The van der Waals surface area contributed by atoms with Gasteiger partial charge in [-0.25, -0.2) is 0 Å². The summed E-state index contributed by atoms with van der Waals surface area (Å²) in [6.45, 7) is 0. The topological polar surface area (TPSA) is 33.1 Å². The van der Waals surface area contributed by atoms with Gasteiger partial charge >= 0.3 is 0 Å². The van der Waals surface area contributed by atoms with E-state index in [1.165, 1.54) is 0 Å². The van der Waals surface area contributed by atoms with Gasteiger partial charge in [0, 0.05) is 16.6 Å². The molecule has 4 rings (SSSR count). The summed E-state index contributed by atoms with van der Waals surface area (Å²) in [6.07, 6.45) is 1.76. The number of aromatic nitrogens is 1. The van der Waals surface area contributed by atoms with Crippen LogP contribution in [0.15, 0.2) is 91.1 Å². The van der Waals surface area contributed by atoms with Gasteiger partial charge in [-0.15, -0.1) is 0 Å². The second-order valence-electron chi connectivity index (χ2n) is 6.00. The third-order valence-corrected chi connectivity index (χ3v) is 4.67. The molecular formula is C22H16ClNO. The molecule has 0 unspecified atom stereocenters. The Bertz CT molecular complexity index is 976. The third-order valence-electron chi connectivity index (χ3n) is 4.44. The highest BCUT2D eigenvalue weighted by Crippen LogP contribution is 2.36. The van der Waals surface area contributed by atoms with Crippen LogP contribution in [0.1, 0.15) is 16.8 Å². The van der Waals surface area contributed by atoms with Crippen LogP contribution in [-0.4, -0.2) is 10.1 Å². The molecule has 0 bridgehead atoms. The van der Waals surface area contributed by atoms with Crippen molar-refractivity contribution in [3.8, 4) is 0 Å². The lowest BCUT2D eigenvalue weighted by Crippen LogP contribution is -2.29. The Hall–Kier alpha value is -2.68. The zero-order valence-corrected chi connectivity index (χ0v) is 14.2. The van der Waals surface area contributed by atoms with Crippen LogP contribution >= 0.6 is 11.6 Å². The van der Waals surface area contributed by atoms with Crippen LogP contribution in [0.3, 0.4) is 0 Å². The number of hydrogen-bond donors (Lipinski definition) is 1. The van der Waals surface area contributed by atoms with E-state index in [2.05, 4.69) is 4.98 Å². The lowest BCUT2D eigenvalue weighted by molar-refractivity contribution is 0.121. The van der Waals surface area contributed by atoms with Gasteiger partial charge < -0.3 is 5.11 Å². The van der Waals surface area contributed by atoms with Crippen LogP contribution in [0.5, 0.6) is 0 Å². The Kier molecular flexibility index (Phi) is 4.00. The molecule has 3 heteroatoms. The summed E-state index contributed by atoms with van der Waals surface area (Å²) in [5, 5.41) is 14.4. The summed E-state index contributed by atoms with van der Waals surface area (Å²) in [6, 6.07) is 26.8. The Labute approximate surface area is 151 Å². The molecule has 4 aromatic rings. The first kappa shape index (κ1) is 15.8. The maximum absolute atomic E-state index is 11.8. The van der Waals surface area contributed by atoms with Crippen molar-refractivity contribution < 1.29 is 5.11 Å². The highest BCUT2D eigenvalue weighted by Gasteiger charge is 2.35. The average Bonchev–Trinajstić information content (AvgIpc) is 2.68. The number of benzene rings is 3. The van der Waals surface area contributed by atoms with Gasteiger partial charge in [-0.3, -0.25) is 4.98 Å². The van der Waals surface area contributed by atoms with E-state index < -0.39 is 5.60 Å². The van der Waals surface area contributed by atoms with Crippen molar-refractivity contribution >= 4 is 22.4 Å². The first-order valence-electron chi connectivity index (χ1n) is 8.07. The summed E-state index contributed by atoms with van der Waals surface area (Å²) in [7, 11) is 0. The van der Waals surface area contributed by atoms with Gasteiger partial charge in [0.25, 0.3) is 0 Å². The van der Waals surface area contributed by atoms with Crippen molar-refractivity contribution in [3.63, 3.8) is 0 Å². The molecule has 0 spiro atoms. The molecule has 122 valence electrons. The van der Waals surface area contributed by atoms with E-state index in [1.807, 2.05) is 84.9 Å². The smallest absolute Gasteiger partial charge is 0.157 e. The molecule has 3 aromatic carbocycles. The fraction of sp³-hybridized carbons (Fsp3) is 0.0455. The fourth-order valence-electron chi connectivity index (χ4n) is 3.13. The minimum absolute atomic E-state index is 0.583. The average molecular weight is 346 g/mol. The molecule has 2 nitrogen and oxygen atoms in total. The molecule has 0 fully saturated rings. The number of halogens is 1. The molecule has 0 saturated heterocycles. The zero-order chi connectivity index (χ0) is 17.3. The Balaban J connectivity index is 1.97. The van der Waals surface area contributed by atoms with Gasteiger partial charge in [0.15, 0.2) is 5.60 Å². The molecule has 0 aliphatic heterocycles. The van der Waals surface area contributed by atoms with Crippen LogP contribution < -0.4 is 0 Å². The van der Waals surface area contributed by atoms with Crippen LogP contribution in [0.4, 0.5) is 0 Å². The minimum atomic E-state index is -1.32. The predicted octanol–water partition coefficient (Wildman–Crippen LogP) is 5.17. The highest BCUT2D eigenvalue weighted by atomic mass is 35.5. The second-order valence-corrected chi connectivity index (χ2v) is 6.44. The SMILES string of the molecule is OC(c1ccccc1)(c1ccccc1)c1cc2ccc(Cl)cc2cn1. The molecule has 1 aromatic heterocycles. The number of nitrogens with zero attached hydrogens (tertiary/aromatic N) is 1. The number of hydrogen-bond acceptors (Lipinski definition) is 2. The molecule has 0 atom stereocenters. The van der Waals surface area contributed by atoms with Crippen molar-refractivity contribution in [3.05, 3.63) is 113 Å². The van der Waals surface area contributed by atoms with E-state index in [4.69, 9.17) is 11.6 Å². The van der Waals surface area contributed by atoms with E-state index in [-0.39, 0.29) is 0 Å². The van der Waals surface area contributed by atoms with Gasteiger partial charge in [0.05, 0.1) is 5.69 Å². The zero-order valence-electron chi connectivity index (χ0n) is 13.4. The Morgan fingerprint density at radius 2 is 1.32 bits per heavy atom. The van der Waals surface area contributed by atoms with Crippen molar-refractivity contribution in [1.29, 1.82) is 0 Å². The van der Waals surface area contributed by atoms with E-state index in [1.54, 1.807) is 6.20 Å². The van der Waals surface area contributed by atoms with Gasteiger partial charge in [0.1, 0.15) is 0 Å². The van der Waals surface area contributed by atoms with Gasteiger partial charge in [0.2, 0.25) is 0 Å². The van der Waals surface area contributed by atoms with Crippen molar-refractivity contribution in [1.82, 2.24) is 4.98 Å². The van der Waals surface area contributed by atoms with Crippen LogP contribution in [0.2, 0.25) is 5.02 Å². The molecule has 1 heterocycles.